The van der Waals surface area contributed by atoms with Crippen molar-refractivity contribution in [2.75, 3.05) is 31.5 Å². The highest BCUT2D eigenvalue weighted by atomic mass is 16.1. The van der Waals surface area contributed by atoms with E-state index in [0.717, 1.165) is 30.6 Å². The Morgan fingerprint density at radius 2 is 1.74 bits per heavy atom. The van der Waals surface area contributed by atoms with Crippen LogP contribution in [0, 0.1) is 0 Å². The summed E-state index contributed by atoms with van der Waals surface area (Å²) in [7, 11) is 0. The normalized spacial score (nSPS) is 18.1. The van der Waals surface area contributed by atoms with Crippen LogP contribution in [0.1, 0.15) is 43.0 Å². The number of piperidine rings is 1. The summed E-state index contributed by atoms with van der Waals surface area (Å²) in [6.07, 6.45) is 1.78. The molecule has 1 aromatic heterocycles. The van der Waals surface area contributed by atoms with Gasteiger partial charge in [0.25, 0.3) is 0 Å². The number of nitrogens with zero attached hydrogens (tertiary/aromatic N) is 3. The quantitative estimate of drug-likeness (QED) is 0.413. The number of hydrogen-bond donors (Lipinski definition) is 3. The van der Waals surface area contributed by atoms with Crippen LogP contribution in [0.2, 0.25) is 0 Å². The first-order chi connectivity index (χ1) is 17.0. The van der Waals surface area contributed by atoms with Crippen LogP contribution in [0.15, 0.2) is 66.7 Å². The lowest BCUT2D eigenvalue weighted by Crippen LogP contribution is -2.41. The van der Waals surface area contributed by atoms with E-state index < -0.39 is 0 Å². The monoisotopic (exact) mass is 472 g/mol. The predicted octanol–water partition coefficient (Wildman–Crippen LogP) is 3.10. The summed E-state index contributed by atoms with van der Waals surface area (Å²) in [6.45, 7) is 3.45. The minimum absolute atomic E-state index is 0.0728. The maximum absolute atomic E-state index is 11.9. The van der Waals surface area contributed by atoms with Crippen molar-refractivity contribution in [2.24, 2.45) is 5.73 Å². The molecule has 4 rings (SSSR count). The number of carbonyl (C=O) groups is 2. The molecule has 8 nitrogen and oxygen atoms in total. The zero-order valence-electron chi connectivity index (χ0n) is 20.0. The Balaban J connectivity index is 1.67. The zero-order chi connectivity index (χ0) is 24.6. The Kier molecular flexibility index (Phi) is 8.05. The topological polar surface area (TPSA) is 113 Å². The van der Waals surface area contributed by atoms with Gasteiger partial charge in [0.05, 0.1) is 18.3 Å². The van der Waals surface area contributed by atoms with Gasteiger partial charge < -0.3 is 16.4 Å². The van der Waals surface area contributed by atoms with Crippen molar-refractivity contribution in [2.45, 2.75) is 31.7 Å². The maximum Gasteiger partial charge on any atom is 0.231 e. The number of carbonyl (C=O) groups excluding carboxylic acids is 2. The standard InChI is InChI=1S/C27H32N6O2/c1-19(34)29-13-14-30-26-17-23(31-27(32-26)21-10-6-3-7-11-21)24-16-22(20-8-4-2-5-9-20)12-15-33(24)18-25(28)35/h2-11,17,22,24H,12-16,18H2,1H3,(H2,28,35)(H,29,34)(H,30,31,32). The number of amides is 2. The first kappa shape index (κ1) is 24.3. The molecule has 8 heteroatoms. The average molecular weight is 473 g/mol. The van der Waals surface area contributed by atoms with Crippen molar-refractivity contribution in [3.05, 3.63) is 78.0 Å². The van der Waals surface area contributed by atoms with Crippen molar-refractivity contribution in [1.82, 2.24) is 20.2 Å². The molecule has 2 aromatic carbocycles. The smallest absolute Gasteiger partial charge is 0.231 e. The largest absolute Gasteiger partial charge is 0.369 e. The number of likely N-dealkylation sites (tertiary alicyclic amines) is 1. The number of anilines is 1. The minimum Gasteiger partial charge on any atom is -0.369 e. The lowest BCUT2D eigenvalue weighted by Gasteiger charge is -2.39. The molecule has 1 aliphatic heterocycles. The van der Waals surface area contributed by atoms with E-state index in [4.69, 9.17) is 15.7 Å². The van der Waals surface area contributed by atoms with Crippen molar-refractivity contribution in [3.63, 3.8) is 0 Å². The van der Waals surface area contributed by atoms with Gasteiger partial charge in [-0.1, -0.05) is 60.7 Å². The summed E-state index contributed by atoms with van der Waals surface area (Å²) in [5, 5.41) is 6.10. The van der Waals surface area contributed by atoms with Crippen molar-refractivity contribution in [3.8, 4) is 11.4 Å². The van der Waals surface area contributed by atoms with E-state index in [9.17, 15) is 9.59 Å². The Labute approximate surface area is 206 Å². The third-order valence-electron chi connectivity index (χ3n) is 6.27. The van der Waals surface area contributed by atoms with Gasteiger partial charge in [0.2, 0.25) is 11.8 Å². The molecule has 0 radical (unpaired) electrons. The molecule has 2 atom stereocenters. The summed E-state index contributed by atoms with van der Waals surface area (Å²) in [5.41, 5.74) is 8.66. The van der Waals surface area contributed by atoms with Crippen molar-refractivity contribution < 1.29 is 9.59 Å². The molecule has 0 spiro atoms. The number of aromatic nitrogens is 2. The predicted molar refractivity (Wildman–Crippen MR) is 137 cm³/mol. The van der Waals surface area contributed by atoms with Crippen LogP contribution < -0.4 is 16.4 Å². The molecular formula is C27H32N6O2. The first-order valence-corrected chi connectivity index (χ1v) is 12.0. The molecule has 2 unspecified atom stereocenters. The fourth-order valence-corrected chi connectivity index (χ4v) is 4.61. The summed E-state index contributed by atoms with van der Waals surface area (Å²) in [6, 6.07) is 22.2. The molecular weight excluding hydrogens is 440 g/mol. The Bertz CT molecular complexity index is 1140. The van der Waals surface area contributed by atoms with E-state index in [1.807, 2.05) is 42.5 Å². The second kappa shape index (κ2) is 11.6. The van der Waals surface area contributed by atoms with Crippen LogP contribution in [-0.2, 0) is 9.59 Å². The molecule has 1 aliphatic rings. The molecule has 0 aliphatic carbocycles. The fourth-order valence-electron chi connectivity index (χ4n) is 4.61. The van der Waals surface area contributed by atoms with Gasteiger partial charge in [-0.15, -0.1) is 0 Å². The lowest BCUT2D eigenvalue weighted by molar-refractivity contribution is -0.120. The van der Waals surface area contributed by atoms with Crippen LogP contribution in [0.25, 0.3) is 11.4 Å². The summed E-state index contributed by atoms with van der Waals surface area (Å²) in [5.74, 6) is 1.23. The number of nitrogens with two attached hydrogens (primary N) is 1. The number of hydrogen-bond acceptors (Lipinski definition) is 6. The lowest BCUT2D eigenvalue weighted by atomic mass is 9.84. The van der Waals surface area contributed by atoms with E-state index in [0.29, 0.717) is 30.6 Å². The number of nitrogens with one attached hydrogen (secondary N) is 2. The summed E-state index contributed by atoms with van der Waals surface area (Å²) >= 11 is 0. The van der Waals surface area contributed by atoms with E-state index in [1.54, 1.807) is 0 Å². The molecule has 2 heterocycles. The van der Waals surface area contributed by atoms with Crippen LogP contribution >= 0.6 is 0 Å². The van der Waals surface area contributed by atoms with Gasteiger partial charge in [-0.3, -0.25) is 14.5 Å². The summed E-state index contributed by atoms with van der Waals surface area (Å²) < 4.78 is 0. The zero-order valence-corrected chi connectivity index (χ0v) is 20.0. The molecule has 4 N–H and O–H groups in total. The second-order valence-corrected chi connectivity index (χ2v) is 8.86. The first-order valence-electron chi connectivity index (χ1n) is 12.0. The number of primary amides is 1. The van der Waals surface area contributed by atoms with Gasteiger partial charge >= 0.3 is 0 Å². The average Bonchev–Trinajstić information content (AvgIpc) is 2.87. The van der Waals surface area contributed by atoms with E-state index in [2.05, 4.69) is 39.8 Å². The molecule has 1 saturated heterocycles. The molecule has 0 saturated carbocycles. The SMILES string of the molecule is CC(=O)NCCNc1cc(C2CC(c3ccccc3)CCN2CC(N)=O)nc(-c2ccccc2)n1. The van der Waals surface area contributed by atoms with Crippen LogP contribution in [0.4, 0.5) is 5.82 Å². The molecule has 35 heavy (non-hydrogen) atoms. The van der Waals surface area contributed by atoms with Crippen molar-refractivity contribution >= 4 is 17.6 Å². The second-order valence-electron chi connectivity index (χ2n) is 8.86. The number of rotatable bonds is 9. The molecule has 2 amide bonds. The highest BCUT2D eigenvalue weighted by Gasteiger charge is 2.32. The molecule has 1 fully saturated rings. The summed E-state index contributed by atoms with van der Waals surface area (Å²) in [4.78, 5) is 34.9. The third-order valence-corrected chi connectivity index (χ3v) is 6.27. The maximum atomic E-state index is 11.9. The minimum atomic E-state index is -0.348. The molecule has 0 bridgehead atoms. The number of benzene rings is 2. The van der Waals surface area contributed by atoms with Crippen LogP contribution in [0.3, 0.4) is 0 Å². The molecule has 182 valence electrons. The Morgan fingerprint density at radius 1 is 1.03 bits per heavy atom. The third kappa shape index (κ3) is 6.64. The van der Waals surface area contributed by atoms with E-state index >= 15 is 0 Å². The Hall–Kier alpha value is -3.78. The molecule has 3 aromatic rings. The van der Waals surface area contributed by atoms with Gasteiger partial charge in [-0.05, 0) is 30.9 Å². The fraction of sp³-hybridized carbons (Fsp3) is 0.333. The van der Waals surface area contributed by atoms with E-state index in [1.165, 1.54) is 12.5 Å². The highest BCUT2D eigenvalue weighted by Crippen LogP contribution is 2.39. The van der Waals surface area contributed by atoms with Gasteiger partial charge in [-0.25, -0.2) is 9.97 Å². The van der Waals surface area contributed by atoms with Gasteiger partial charge in [0.1, 0.15) is 5.82 Å². The van der Waals surface area contributed by atoms with Gasteiger partial charge in [0, 0.05) is 31.6 Å². The Morgan fingerprint density at radius 3 is 2.43 bits per heavy atom. The van der Waals surface area contributed by atoms with E-state index in [-0.39, 0.29) is 24.4 Å². The van der Waals surface area contributed by atoms with Crippen LogP contribution in [0.5, 0.6) is 0 Å². The highest BCUT2D eigenvalue weighted by molar-refractivity contribution is 5.76. The van der Waals surface area contributed by atoms with Gasteiger partial charge in [-0.2, -0.15) is 0 Å². The van der Waals surface area contributed by atoms with Crippen molar-refractivity contribution in [1.29, 1.82) is 0 Å². The van der Waals surface area contributed by atoms with Crippen LogP contribution in [-0.4, -0.2) is 52.9 Å². The van der Waals surface area contributed by atoms with Gasteiger partial charge in [0.15, 0.2) is 5.82 Å².